The van der Waals surface area contributed by atoms with Gasteiger partial charge >= 0.3 is 6.18 Å². The Labute approximate surface area is 446 Å². The van der Waals surface area contributed by atoms with Crippen molar-refractivity contribution in [3.8, 4) is 17.0 Å². The molecule has 408 valence electrons. The third kappa shape index (κ3) is 15.5. The maximum atomic E-state index is 14.3. The molecule has 0 radical (unpaired) electrons. The van der Waals surface area contributed by atoms with Crippen molar-refractivity contribution in [1.29, 1.82) is 0 Å². The van der Waals surface area contributed by atoms with Crippen LogP contribution in [0.4, 0.5) is 23.3 Å². The van der Waals surface area contributed by atoms with Gasteiger partial charge in [0.15, 0.2) is 5.13 Å². The number of likely N-dealkylation sites (N-methyl/N-ethyl adjacent to an activating group) is 2. The molecular formula is C56H70F3N9O7S. The zero-order valence-electron chi connectivity index (χ0n) is 43.7. The summed E-state index contributed by atoms with van der Waals surface area (Å²) >= 11 is 1.12. The summed E-state index contributed by atoms with van der Waals surface area (Å²) in [5.74, 6) is -2.66. The van der Waals surface area contributed by atoms with Gasteiger partial charge in [-0.2, -0.15) is 13.2 Å². The second kappa shape index (κ2) is 26.9. The van der Waals surface area contributed by atoms with Gasteiger partial charge in [0, 0.05) is 44.2 Å². The number of benzene rings is 2. The molecule has 3 fully saturated rings. The highest BCUT2D eigenvalue weighted by Crippen LogP contribution is 2.41. The average Bonchev–Trinajstić information content (AvgIpc) is 4.09. The molecule has 20 heteroatoms. The Morgan fingerprint density at radius 1 is 0.908 bits per heavy atom. The highest BCUT2D eigenvalue weighted by Gasteiger charge is 2.42. The third-order valence-electron chi connectivity index (χ3n) is 14.8. The number of methoxy groups -OCH3 is 1. The lowest BCUT2D eigenvalue weighted by Crippen LogP contribution is -2.57. The number of rotatable bonds is 21. The zero-order chi connectivity index (χ0) is 54.4. The number of likely N-dealkylation sites (tertiary alicyclic amines) is 1. The minimum atomic E-state index is -4.18. The molecule has 2 saturated carbocycles. The number of hydrogen-bond acceptors (Lipinski definition) is 11. The van der Waals surface area contributed by atoms with Gasteiger partial charge in [0.25, 0.3) is 5.91 Å². The van der Waals surface area contributed by atoms with E-state index in [1.165, 1.54) is 13.3 Å². The summed E-state index contributed by atoms with van der Waals surface area (Å²) in [4.78, 5) is 93.5. The summed E-state index contributed by atoms with van der Waals surface area (Å²) in [7, 11) is 4.84. The first-order valence-corrected chi connectivity index (χ1v) is 27.2. The van der Waals surface area contributed by atoms with Gasteiger partial charge in [-0.1, -0.05) is 97.3 Å². The number of amides is 6. The van der Waals surface area contributed by atoms with E-state index in [1.54, 1.807) is 49.0 Å². The van der Waals surface area contributed by atoms with Gasteiger partial charge in [0.1, 0.15) is 34.2 Å². The maximum Gasteiger partial charge on any atom is 0.391 e. The molecular weight excluding hydrogens is 1000 g/mol. The predicted octanol–water partition coefficient (Wildman–Crippen LogP) is 8.55. The SMILES string of the molecule is CN[C@@H](C)C(=O)NC(C(=O)N1CCC[C@H]1C(=O)Nc1sc(NC(=O)CCCN(C)C(=O)Cc2cccc(CNC(=O)c3cc(/C=C/C4CCC(C(F)(F)F)CC4)c(OC)cn3)c2)nc1-c1ccccc1)C1CCCCC1. The number of anilines is 2. The summed E-state index contributed by atoms with van der Waals surface area (Å²) in [6, 6.07) is 16.2. The maximum absolute atomic E-state index is 14.3. The first kappa shape index (κ1) is 57.0. The lowest BCUT2D eigenvalue weighted by molar-refractivity contribution is -0.183. The Morgan fingerprint density at radius 2 is 1.64 bits per heavy atom. The van der Waals surface area contributed by atoms with E-state index in [0.717, 1.165) is 60.1 Å². The molecule has 1 unspecified atom stereocenters. The van der Waals surface area contributed by atoms with Gasteiger partial charge in [0.05, 0.1) is 31.7 Å². The molecule has 5 N–H and O–H groups in total. The number of hydrogen-bond donors (Lipinski definition) is 5. The number of carbonyl (C=O) groups is 6. The zero-order valence-corrected chi connectivity index (χ0v) is 44.5. The van der Waals surface area contributed by atoms with Crippen LogP contribution in [0.25, 0.3) is 17.3 Å². The highest BCUT2D eigenvalue weighted by molar-refractivity contribution is 7.20. The van der Waals surface area contributed by atoms with E-state index in [9.17, 15) is 41.9 Å². The minimum absolute atomic E-state index is 0.0125. The van der Waals surface area contributed by atoms with Gasteiger partial charge < -0.3 is 41.1 Å². The van der Waals surface area contributed by atoms with Crippen molar-refractivity contribution in [1.82, 2.24) is 35.7 Å². The summed E-state index contributed by atoms with van der Waals surface area (Å²) in [6.07, 6.45) is 8.26. The first-order valence-electron chi connectivity index (χ1n) is 26.3. The highest BCUT2D eigenvalue weighted by atomic mass is 32.1. The molecule has 2 aliphatic carbocycles. The van der Waals surface area contributed by atoms with E-state index >= 15 is 0 Å². The number of ether oxygens (including phenoxy) is 1. The van der Waals surface area contributed by atoms with Gasteiger partial charge in [0.2, 0.25) is 29.5 Å². The van der Waals surface area contributed by atoms with E-state index in [4.69, 9.17) is 9.72 Å². The van der Waals surface area contributed by atoms with Crippen molar-refractivity contribution in [3.05, 3.63) is 95.3 Å². The van der Waals surface area contributed by atoms with Crippen molar-refractivity contribution in [2.45, 2.75) is 128 Å². The molecule has 1 aliphatic heterocycles. The number of carbonyl (C=O) groups excluding carboxylic acids is 6. The van der Waals surface area contributed by atoms with E-state index in [-0.39, 0.29) is 84.4 Å². The van der Waals surface area contributed by atoms with Crippen LogP contribution in [0.15, 0.2) is 72.9 Å². The molecule has 6 amide bonds. The Morgan fingerprint density at radius 3 is 2.36 bits per heavy atom. The number of thiazole rings is 1. The summed E-state index contributed by atoms with van der Waals surface area (Å²) in [6.45, 7) is 2.60. The fourth-order valence-electron chi connectivity index (χ4n) is 10.2. The molecule has 3 heterocycles. The number of nitrogens with zero attached hydrogens (tertiary/aromatic N) is 4. The van der Waals surface area contributed by atoms with Gasteiger partial charge in [-0.05, 0) is 101 Å². The molecule has 1 saturated heterocycles. The predicted molar refractivity (Wildman–Crippen MR) is 286 cm³/mol. The second-order valence-electron chi connectivity index (χ2n) is 20.1. The normalized spacial score (nSPS) is 18.9. The van der Waals surface area contributed by atoms with Crippen molar-refractivity contribution in [3.63, 3.8) is 0 Å². The van der Waals surface area contributed by atoms with Crippen LogP contribution in [0.2, 0.25) is 0 Å². The van der Waals surface area contributed by atoms with E-state index in [2.05, 4.69) is 31.6 Å². The quantitative estimate of drug-likeness (QED) is 0.0538. The Kier molecular flexibility index (Phi) is 20.2. The van der Waals surface area contributed by atoms with Crippen LogP contribution in [0.1, 0.15) is 118 Å². The van der Waals surface area contributed by atoms with Crippen molar-refractivity contribution >= 4 is 63.0 Å². The number of pyridine rings is 1. The molecule has 7 rings (SSSR count). The van der Waals surface area contributed by atoms with E-state index in [0.29, 0.717) is 67.2 Å². The largest absolute Gasteiger partial charge is 0.495 e. The van der Waals surface area contributed by atoms with Crippen LogP contribution >= 0.6 is 11.3 Å². The number of aromatic nitrogens is 2. The minimum Gasteiger partial charge on any atom is -0.495 e. The fourth-order valence-corrected chi connectivity index (χ4v) is 11.1. The molecule has 2 aromatic heterocycles. The van der Waals surface area contributed by atoms with Crippen molar-refractivity contribution in [2.24, 2.45) is 17.8 Å². The van der Waals surface area contributed by atoms with Crippen LogP contribution in [0, 0.1) is 17.8 Å². The summed E-state index contributed by atoms with van der Waals surface area (Å²) < 4.78 is 44.9. The summed E-state index contributed by atoms with van der Waals surface area (Å²) in [5, 5.41) is 15.4. The number of halogens is 3. The van der Waals surface area contributed by atoms with Gasteiger partial charge in [-0.25, -0.2) is 9.97 Å². The summed E-state index contributed by atoms with van der Waals surface area (Å²) in [5.41, 5.74) is 3.42. The molecule has 76 heavy (non-hydrogen) atoms. The van der Waals surface area contributed by atoms with Crippen LogP contribution in [0.5, 0.6) is 5.75 Å². The monoisotopic (exact) mass is 1070 g/mol. The third-order valence-corrected chi connectivity index (χ3v) is 15.6. The van der Waals surface area contributed by atoms with Crippen LogP contribution in [-0.4, -0.2) is 114 Å². The number of alkyl halides is 3. The molecule has 4 aromatic rings. The average molecular weight is 1070 g/mol. The van der Waals surface area contributed by atoms with Crippen molar-refractivity contribution in [2.75, 3.05) is 44.9 Å². The second-order valence-corrected chi connectivity index (χ2v) is 21.1. The lowest BCUT2D eigenvalue weighted by Gasteiger charge is -2.35. The van der Waals surface area contributed by atoms with Crippen LogP contribution in [-0.2, 0) is 36.9 Å². The van der Waals surface area contributed by atoms with Crippen LogP contribution < -0.4 is 31.3 Å². The van der Waals surface area contributed by atoms with E-state index in [1.807, 2.05) is 54.6 Å². The lowest BCUT2D eigenvalue weighted by atomic mass is 9.81. The topological polar surface area (TPSA) is 204 Å². The van der Waals surface area contributed by atoms with Gasteiger partial charge in [-0.3, -0.25) is 28.8 Å². The molecule has 16 nitrogen and oxygen atoms in total. The molecule has 0 spiro atoms. The molecule has 3 atom stereocenters. The number of nitrogens with one attached hydrogen (secondary N) is 5. The Hall–Kier alpha value is -6.67. The smallest absolute Gasteiger partial charge is 0.391 e. The Bertz CT molecular complexity index is 2690. The standard InChI is InChI=1S/C56H70F3N9O7S/c1-35(60-2)50(71)64-49(40-18-9-6-10-19-40)54(74)68-29-12-20-44(68)52(73)66-53-48(39-16-7-5-8-17-39)65-55(76-53)63-46(69)21-13-28-67(3)47(70)31-37-14-11-15-38(30-37)33-62-51(72)43-32-41(45(75-4)34-61-43)25-22-36-23-26-42(27-24-36)56(57,58)59/h5,7-8,11,14-17,22,25,30,32,34-36,40,42,44,49,60H,6,9-10,12-13,18-21,23-24,26-29,31,33H2,1-4H3,(H,62,72)(H,64,71)(H,66,73)(H,63,65,69)/b25-22+/t35-,36?,42?,44-,49?/m0/s1. The fraction of sp³-hybridized carbons (Fsp3) is 0.500. The van der Waals surface area contributed by atoms with Crippen molar-refractivity contribution < 1.29 is 46.7 Å². The molecule has 3 aliphatic rings. The molecule has 0 bridgehead atoms. The van der Waals surface area contributed by atoms with Crippen LogP contribution in [0.3, 0.4) is 0 Å². The number of allylic oxidation sites excluding steroid dienone is 1. The molecule has 2 aromatic carbocycles. The first-order chi connectivity index (χ1) is 36.5. The Balaban J connectivity index is 0.893. The van der Waals surface area contributed by atoms with E-state index < -0.39 is 36.1 Å². The van der Waals surface area contributed by atoms with Gasteiger partial charge in [-0.15, -0.1) is 0 Å².